The number of halogens is 2. The van der Waals surface area contributed by atoms with E-state index in [-0.39, 0.29) is 36.3 Å². The van der Waals surface area contributed by atoms with Gasteiger partial charge in [-0.25, -0.2) is 8.78 Å². The average molecular weight is 542 g/mol. The van der Waals surface area contributed by atoms with Gasteiger partial charge in [0.05, 0.1) is 5.92 Å². The minimum Gasteiger partial charge on any atom is -0.377 e. The zero-order valence-electron chi connectivity index (χ0n) is 22.9. The van der Waals surface area contributed by atoms with Crippen molar-refractivity contribution in [1.82, 2.24) is 4.90 Å². The van der Waals surface area contributed by atoms with Gasteiger partial charge in [0.25, 0.3) is 5.91 Å². The number of carbonyl (C=O) groups excluding carboxylic acids is 2. The van der Waals surface area contributed by atoms with Gasteiger partial charge in [-0.15, -0.1) is 0 Å². The molecule has 0 unspecified atom stereocenters. The number of benzene rings is 4. The summed E-state index contributed by atoms with van der Waals surface area (Å²) in [7, 11) is 3.82. The van der Waals surface area contributed by atoms with Gasteiger partial charge >= 0.3 is 0 Å². The molecule has 1 atom stereocenters. The summed E-state index contributed by atoms with van der Waals surface area (Å²) in [6.07, 6.45) is 0.618. The second-order valence-electron chi connectivity index (χ2n) is 9.89. The molecule has 0 aromatic heterocycles. The summed E-state index contributed by atoms with van der Waals surface area (Å²) >= 11 is 0. The Morgan fingerprint density at radius 2 is 1.52 bits per heavy atom. The summed E-state index contributed by atoms with van der Waals surface area (Å²) in [5.74, 6) is -1.65. The van der Waals surface area contributed by atoms with E-state index in [1.54, 1.807) is 29.2 Å². The van der Waals surface area contributed by atoms with Gasteiger partial charge in [-0.05, 0) is 71.6 Å². The van der Waals surface area contributed by atoms with E-state index < -0.39 is 11.7 Å². The van der Waals surface area contributed by atoms with Crippen LogP contribution in [0.4, 0.5) is 20.2 Å². The molecular weight excluding hydrogens is 508 g/mol. The highest BCUT2D eigenvalue weighted by Crippen LogP contribution is 2.29. The number of nitrogens with zero attached hydrogens (tertiary/aromatic N) is 2. The van der Waals surface area contributed by atoms with Crippen LogP contribution in [0.5, 0.6) is 0 Å². The number of carbonyl (C=O) groups is 2. The van der Waals surface area contributed by atoms with Gasteiger partial charge in [-0.3, -0.25) is 9.59 Å². The van der Waals surface area contributed by atoms with Gasteiger partial charge in [0.2, 0.25) is 5.91 Å². The molecule has 0 heterocycles. The van der Waals surface area contributed by atoms with Gasteiger partial charge in [-0.1, -0.05) is 55.5 Å². The van der Waals surface area contributed by atoms with E-state index in [1.165, 1.54) is 30.3 Å². The van der Waals surface area contributed by atoms with Crippen molar-refractivity contribution in [3.63, 3.8) is 0 Å². The van der Waals surface area contributed by atoms with Crippen molar-refractivity contribution in [2.75, 3.05) is 24.3 Å². The van der Waals surface area contributed by atoms with Crippen molar-refractivity contribution >= 4 is 23.2 Å². The van der Waals surface area contributed by atoms with Crippen molar-refractivity contribution < 1.29 is 18.4 Å². The van der Waals surface area contributed by atoms with E-state index in [1.807, 2.05) is 68.4 Å². The third-order valence-corrected chi connectivity index (χ3v) is 6.77. The Hall–Kier alpha value is -4.52. The number of anilines is 2. The topological polar surface area (TPSA) is 52.7 Å². The largest absolute Gasteiger partial charge is 0.377 e. The lowest BCUT2D eigenvalue weighted by Crippen LogP contribution is -2.34. The summed E-state index contributed by atoms with van der Waals surface area (Å²) in [6.45, 7) is 2.53. The maximum absolute atomic E-state index is 14.0. The molecule has 0 spiro atoms. The Morgan fingerprint density at radius 3 is 2.17 bits per heavy atom. The SMILES string of the molecule is CC[C@@H](C(=O)N(Cc1ccc(F)cc1)Cc1cc(NC(=O)c2cccc(F)c2)ccc1N(C)C)c1ccccc1. The zero-order valence-corrected chi connectivity index (χ0v) is 22.9. The molecule has 0 aliphatic heterocycles. The maximum atomic E-state index is 14.0. The van der Waals surface area contributed by atoms with Gasteiger partial charge in [0.1, 0.15) is 11.6 Å². The molecule has 0 aliphatic carbocycles. The minimum absolute atomic E-state index is 0.0445. The van der Waals surface area contributed by atoms with Crippen LogP contribution in [-0.2, 0) is 17.9 Å². The van der Waals surface area contributed by atoms with Gasteiger partial charge in [0, 0.05) is 44.1 Å². The Labute approximate surface area is 234 Å². The molecule has 5 nitrogen and oxygen atoms in total. The molecule has 0 saturated carbocycles. The Bertz CT molecular complexity index is 1460. The predicted octanol–water partition coefficient (Wildman–Crippen LogP) is 7.01. The number of hydrogen-bond acceptors (Lipinski definition) is 3. The monoisotopic (exact) mass is 541 g/mol. The predicted molar refractivity (Wildman–Crippen MR) is 155 cm³/mol. The molecule has 0 fully saturated rings. The lowest BCUT2D eigenvalue weighted by Gasteiger charge is -2.29. The standard InChI is InChI=1S/C33H33F2N3O2/c1-4-30(24-9-6-5-7-10-24)33(40)38(21-23-13-15-27(34)16-14-23)22-26-20-29(17-18-31(26)37(2)3)36-32(39)25-11-8-12-28(35)19-25/h5-20,30H,4,21-22H2,1-3H3,(H,36,39)/t30-/m1/s1. The van der Waals surface area contributed by atoms with Crippen molar-refractivity contribution in [1.29, 1.82) is 0 Å². The smallest absolute Gasteiger partial charge is 0.255 e. The Kier molecular flexibility index (Phi) is 9.27. The Morgan fingerprint density at radius 1 is 0.800 bits per heavy atom. The van der Waals surface area contributed by atoms with Crippen LogP contribution in [0.15, 0.2) is 97.1 Å². The van der Waals surface area contributed by atoms with Crippen LogP contribution in [-0.4, -0.2) is 30.8 Å². The third-order valence-electron chi connectivity index (χ3n) is 6.77. The van der Waals surface area contributed by atoms with Gasteiger partial charge in [-0.2, -0.15) is 0 Å². The van der Waals surface area contributed by atoms with Gasteiger partial charge in [0.15, 0.2) is 0 Å². The fourth-order valence-corrected chi connectivity index (χ4v) is 4.75. The molecule has 7 heteroatoms. The number of nitrogens with one attached hydrogen (secondary N) is 1. The molecule has 0 bridgehead atoms. The highest BCUT2D eigenvalue weighted by atomic mass is 19.1. The molecule has 0 aliphatic rings. The summed E-state index contributed by atoms with van der Waals surface area (Å²) < 4.78 is 27.3. The number of rotatable bonds is 10. The second kappa shape index (κ2) is 13.0. The highest BCUT2D eigenvalue weighted by Gasteiger charge is 2.26. The molecular formula is C33H33F2N3O2. The highest BCUT2D eigenvalue weighted by molar-refractivity contribution is 6.04. The van der Waals surface area contributed by atoms with Crippen molar-refractivity contribution in [2.45, 2.75) is 32.4 Å². The fraction of sp³-hybridized carbons (Fsp3) is 0.212. The molecule has 4 rings (SSSR count). The zero-order chi connectivity index (χ0) is 28.6. The molecule has 0 saturated heterocycles. The van der Waals surface area contributed by atoms with Crippen molar-refractivity contribution in [2.24, 2.45) is 0 Å². The van der Waals surface area contributed by atoms with Gasteiger partial charge < -0.3 is 15.1 Å². The lowest BCUT2D eigenvalue weighted by molar-refractivity contribution is -0.134. The quantitative estimate of drug-likeness (QED) is 0.235. The van der Waals surface area contributed by atoms with Crippen molar-refractivity contribution in [3.05, 3.63) is 131 Å². The van der Waals surface area contributed by atoms with Crippen LogP contribution in [0.3, 0.4) is 0 Å². The van der Waals surface area contributed by atoms with Crippen LogP contribution in [0, 0.1) is 11.6 Å². The third kappa shape index (κ3) is 7.11. The van der Waals surface area contributed by atoms with E-state index in [4.69, 9.17) is 0 Å². The summed E-state index contributed by atoms with van der Waals surface area (Å²) in [6, 6.07) is 26.8. The first kappa shape index (κ1) is 28.5. The second-order valence-corrected chi connectivity index (χ2v) is 9.89. The summed E-state index contributed by atoms with van der Waals surface area (Å²) in [5, 5.41) is 2.84. The Balaban J connectivity index is 1.68. The van der Waals surface area contributed by atoms with Crippen LogP contribution in [0.25, 0.3) is 0 Å². The molecule has 4 aromatic rings. The normalized spacial score (nSPS) is 11.5. The van der Waals surface area contributed by atoms with E-state index in [9.17, 15) is 18.4 Å². The number of amides is 2. The first-order valence-corrected chi connectivity index (χ1v) is 13.2. The van der Waals surface area contributed by atoms with Crippen molar-refractivity contribution in [3.8, 4) is 0 Å². The number of hydrogen-bond donors (Lipinski definition) is 1. The lowest BCUT2D eigenvalue weighted by atomic mass is 9.94. The van der Waals surface area contributed by atoms with Crippen LogP contribution >= 0.6 is 0 Å². The molecule has 40 heavy (non-hydrogen) atoms. The van der Waals surface area contributed by atoms with E-state index in [0.29, 0.717) is 12.1 Å². The van der Waals surface area contributed by atoms with Crippen LogP contribution in [0.2, 0.25) is 0 Å². The summed E-state index contributed by atoms with van der Waals surface area (Å²) in [4.78, 5) is 30.6. The molecule has 206 valence electrons. The first-order chi connectivity index (χ1) is 19.2. The summed E-state index contributed by atoms with van der Waals surface area (Å²) in [5.41, 5.74) is 4.18. The van der Waals surface area contributed by atoms with Crippen LogP contribution in [0.1, 0.15) is 46.3 Å². The molecule has 1 N–H and O–H groups in total. The molecule has 2 amide bonds. The van der Waals surface area contributed by atoms with E-state index >= 15 is 0 Å². The first-order valence-electron chi connectivity index (χ1n) is 13.2. The van der Waals surface area contributed by atoms with E-state index in [2.05, 4.69) is 5.32 Å². The fourth-order valence-electron chi connectivity index (χ4n) is 4.75. The average Bonchev–Trinajstić information content (AvgIpc) is 2.94. The minimum atomic E-state index is -0.491. The maximum Gasteiger partial charge on any atom is 0.255 e. The molecule has 4 aromatic carbocycles. The molecule has 0 radical (unpaired) electrons. The van der Waals surface area contributed by atoms with E-state index in [0.717, 1.165) is 22.4 Å². The van der Waals surface area contributed by atoms with Crippen LogP contribution < -0.4 is 10.2 Å².